The number of piperidine rings is 1. The van der Waals surface area contributed by atoms with Crippen LogP contribution in [0.1, 0.15) is 51.2 Å². The molecule has 0 atom stereocenters. The smallest absolute Gasteiger partial charge is 0.418 e. The van der Waals surface area contributed by atoms with Crippen molar-refractivity contribution in [2.75, 3.05) is 31.6 Å². The van der Waals surface area contributed by atoms with Gasteiger partial charge in [0.2, 0.25) is 0 Å². The van der Waals surface area contributed by atoms with E-state index in [1.807, 2.05) is 12.1 Å². The fourth-order valence-corrected chi connectivity index (χ4v) is 5.11. The molecule has 2 aromatic heterocycles. The van der Waals surface area contributed by atoms with Gasteiger partial charge < -0.3 is 10.1 Å². The Morgan fingerprint density at radius 3 is 2.45 bits per heavy atom. The van der Waals surface area contributed by atoms with Crippen LogP contribution < -0.4 is 10.1 Å². The topological polar surface area (TPSA) is 63.2 Å². The lowest BCUT2D eigenvalue weighted by atomic mass is 9.86. The predicted octanol–water partition coefficient (Wildman–Crippen LogP) is 7.62. The number of halogens is 3. The summed E-state index contributed by atoms with van der Waals surface area (Å²) in [5.74, 6) is 1.38. The number of ether oxygens (including phenoxy) is 1. The van der Waals surface area contributed by atoms with Gasteiger partial charge in [0.1, 0.15) is 24.5 Å². The molecule has 2 aromatic carbocycles. The normalized spacial score (nSPS) is 14.8. The Labute approximate surface area is 232 Å². The molecule has 4 aromatic rings. The zero-order chi connectivity index (χ0) is 28.3. The number of alkyl halides is 3. The number of nitrogens with one attached hydrogen (secondary N) is 1. The lowest BCUT2D eigenvalue weighted by Gasteiger charge is -2.27. The highest BCUT2D eigenvalue weighted by molar-refractivity contribution is 5.93. The monoisotopic (exact) mass is 549 g/mol. The van der Waals surface area contributed by atoms with Gasteiger partial charge in [-0.2, -0.15) is 13.2 Å². The molecule has 0 bridgehead atoms. The number of rotatable bonds is 7. The lowest BCUT2D eigenvalue weighted by molar-refractivity contribution is -0.137. The van der Waals surface area contributed by atoms with E-state index in [1.165, 1.54) is 37.9 Å². The lowest BCUT2D eigenvalue weighted by Crippen LogP contribution is -2.33. The van der Waals surface area contributed by atoms with Gasteiger partial charge in [-0.1, -0.05) is 39.3 Å². The van der Waals surface area contributed by atoms with Gasteiger partial charge >= 0.3 is 6.18 Å². The number of hydrogen-bond donors (Lipinski definition) is 1. The molecule has 1 N–H and O–H groups in total. The molecular formula is C31H34F3N5O. The predicted molar refractivity (Wildman–Crippen MR) is 152 cm³/mol. The molecule has 0 spiro atoms. The van der Waals surface area contributed by atoms with E-state index in [1.54, 1.807) is 18.2 Å². The number of pyridine rings is 1. The second kappa shape index (κ2) is 11.4. The van der Waals surface area contributed by atoms with Crippen molar-refractivity contribution in [1.29, 1.82) is 0 Å². The van der Waals surface area contributed by atoms with E-state index in [-0.39, 0.29) is 11.1 Å². The minimum Gasteiger partial charge on any atom is -0.492 e. The summed E-state index contributed by atoms with van der Waals surface area (Å²) in [6.07, 6.45) is 2.03. The maximum atomic E-state index is 13.6. The van der Waals surface area contributed by atoms with E-state index in [0.29, 0.717) is 28.9 Å². The van der Waals surface area contributed by atoms with Crippen molar-refractivity contribution >= 4 is 22.4 Å². The van der Waals surface area contributed by atoms with E-state index in [9.17, 15) is 13.2 Å². The first-order chi connectivity index (χ1) is 19.1. The third-order valence-corrected chi connectivity index (χ3v) is 7.19. The Balaban J connectivity index is 1.41. The zero-order valence-electron chi connectivity index (χ0n) is 23.1. The Morgan fingerprint density at radius 1 is 0.900 bits per heavy atom. The van der Waals surface area contributed by atoms with E-state index in [0.717, 1.165) is 42.7 Å². The average Bonchev–Trinajstić information content (AvgIpc) is 2.92. The number of likely N-dealkylation sites (tertiary alicyclic amines) is 1. The Morgan fingerprint density at radius 2 is 1.70 bits per heavy atom. The number of nitrogens with zero attached hydrogens (tertiary/aromatic N) is 4. The van der Waals surface area contributed by atoms with Gasteiger partial charge in [-0.15, -0.1) is 0 Å². The van der Waals surface area contributed by atoms with E-state index < -0.39 is 11.7 Å². The molecule has 0 amide bonds. The van der Waals surface area contributed by atoms with Crippen LogP contribution in [0.5, 0.6) is 5.75 Å². The van der Waals surface area contributed by atoms with Crippen LogP contribution in [-0.4, -0.2) is 46.1 Å². The average molecular weight is 550 g/mol. The molecule has 1 saturated heterocycles. The summed E-state index contributed by atoms with van der Waals surface area (Å²) in [6, 6.07) is 13.3. The highest BCUT2D eigenvalue weighted by Crippen LogP contribution is 2.38. The van der Waals surface area contributed by atoms with E-state index >= 15 is 0 Å². The highest BCUT2D eigenvalue weighted by Gasteiger charge is 2.34. The van der Waals surface area contributed by atoms with E-state index in [4.69, 9.17) is 4.74 Å². The maximum absolute atomic E-state index is 13.6. The number of benzene rings is 2. The van der Waals surface area contributed by atoms with Crippen LogP contribution in [0.3, 0.4) is 0 Å². The molecule has 3 heterocycles. The molecule has 6 nitrogen and oxygen atoms in total. The van der Waals surface area contributed by atoms with Crippen LogP contribution in [0, 0.1) is 0 Å². The molecule has 0 unspecified atom stereocenters. The Hall–Kier alpha value is -3.72. The van der Waals surface area contributed by atoms with Crippen molar-refractivity contribution in [2.45, 2.75) is 51.6 Å². The minimum absolute atomic E-state index is 0.0995. The molecule has 0 radical (unpaired) electrons. The van der Waals surface area contributed by atoms with Gasteiger partial charge in [0, 0.05) is 35.4 Å². The standard InChI is InChI=1S/C31H34F3N5O/c1-30(2,3)24-12-10-22(19-27(24)40-17-16-39-14-5-4-6-15-39)38-29-23-11-9-21(18-26(23)36-20-37-29)28-25(31(32,33)34)8-7-13-35-28/h7-13,18-20H,4-6,14-17H2,1-3H3,(H,36,37,38). The fourth-order valence-electron chi connectivity index (χ4n) is 5.11. The summed E-state index contributed by atoms with van der Waals surface area (Å²) in [5, 5.41) is 4.05. The number of anilines is 2. The summed E-state index contributed by atoms with van der Waals surface area (Å²) in [7, 11) is 0. The molecule has 9 heteroatoms. The highest BCUT2D eigenvalue weighted by atomic mass is 19.4. The maximum Gasteiger partial charge on any atom is 0.418 e. The van der Waals surface area contributed by atoms with Gasteiger partial charge in [-0.05, 0) is 67.2 Å². The summed E-state index contributed by atoms with van der Waals surface area (Å²) in [5.41, 5.74) is 1.75. The first kappa shape index (κ1) is 27.8. The quantitative estimate of drug-likeness (QED) is 0.256. The molecular weight excluding hydrogens is 515 g/mol. The van der Waals surface area contributed by atoms with Crippen LogP contribution in [0.25, 0.3) is 22.2 Å². The van der Waals surface area contributed by atoms with Gasteiger partial charge in [-0.25, -0.2) is 9.97 Å². The first-order valence-electron chi connectivity index (χ1n) is 13.6. The number of hydrogen-bond acceptors (Lipinski definition) is 6. The third kappa shape index (κ3) is 6.36. The second-order valence-electron chi connectivity index (χ2n) is 11.2. The second-order valence-corrected chi connectivity index (χ2v) is 11.2. The van der Waals surface area contributed by atoms with Crippen molar-refractivity contribution in [2.24, 2.45) is 0 Å². The van der Waals surface area contributed by atoms with Crippen LogP contribution in [0.2, 0.25) is 0 Å². The van der Waals surface area contributed by atoms with Crippen molar-refractivity contribution in [3.8, 4) is 17.0 Å². The summed E-state index contributed by atoms with van der Waals surface area (Å²) < 4.78 is 47.0. The number of aromatic nitrogens is 3. The third-order valence-electron chi connectivity index (χ3n) is 7.19. The van der Waals surface area contributed by atoms with E-state index in [2.05, 4.69) is 52.0 Å². The molecule has 1 aliphatic rings. The van der Waals surface area contributed by atoms with Crippen LogP contribution in [-0.2, 0) is 11.6 Å². The first-order valence-corrected chi connectivity index (χ1v) is 13.6. The molecule has 210 valence electrons. The van der Waals surface area contributed by atoms with Gasteiger partial charge in [0.25, 0.3) is 0 Å². The van der Waals surface area contributed by atoms with Crippen molar-refractivity contribution in [3.63, 3.8) is 0 Å². The summed E-state index contributed by atoms with van der Waals surface area (Å²) in [4.78, 5) is 15.2. The summed E-state index contributed by atoms with van der Waals surface area (Å²) in [6.45, 7) is 10.2. The van der Waals surface area contributed by atoms with Crippen molar-refractivity contribution in [1.82, 2.24) is 19.9 Å². The van der Waals surface area contributed by atoms with Gasteiger partial charge in [0.15, 0.2) is 0 Å². The molecule has 40 heavy (non-hydrogen) atoms. The number of fused-ring (bicyclic) bond motifs is 1. The molecule has 0 aliphatic carbocycles. The Kier molecular flexibility index (Phi) is 7.94. The molecule has 1 aliphatic heterocycles. The molecule has 5 rings (SSSR count). The molecule has 0 saturated carbocycles. The van der Waals surface area contributed by atoms with Crippen LogP contribution in [0.15, 0.2) is 61.1 Å². The largest absolute Gasteiger partial charge is 0.492 e. The minimum atomic E-state index is -4.51. The van der Waals surface area contributed by atoms with Gasteiger partial charge in [-0.3, -0.25) is 9.88 Å². The van der Waals surface area contributed by atoms with Crippen LogP contribution in [0.4, 0.5) is 24.7 Å². The Bertz CT molecular complexity index is 1480. The SMILES string of the molecule is CC(C)(C)c1ccc(Nc2ncnc3cc(-c4ncccc4C(F)(F)F)ccc23)cc1OCCN1CCCCC1. The van der Waals surface area contributed by atoms with Crippen molar-refractivity contribution in [3.05, 3.63) is 72.2 Å². The zero-order valence-corrected chi connectivity index (χ0v) is 23.1. The molecule has 1 fully saturated rings. The fraction of sp³-hybridized carbons (Fsp3) is 0.387. The summed E-state index contributed by atoms with van der Waals surface area (Å²) >= 11 is 0. The van der Waals surface area contributed by atoms with Gasteiger partial charge in [0.05, 0.1) is 16.8 Å². The van der Waals surface area contributed by atoms with Crippen LogP contribution >= 0.6 is 0 Å². The van der Waals surface area contributed by atoms with Crippen molar-refractivity contribution < 1.29 is 17.9 Å².